The molecule has 0 aliphatic carbocycles. The first kappa shape index (κ1) is 9.98. The number of hydrogen-bond acceptors (Lipinski definition) is 4. The van der Waals surface area contributed by atoms with Crippen molar-refractivity contribution in [3.63, 3.8) is 0 Å². The van der Waals surface area contributed by atoms with Crippen LogP contribution in [0.5, 0.6) is 0 Å². The van der Waals surface area contributed by atoms with E-state index < -0.39 is 4.92 Å². The Balaban J connectivity index is 2.98. The highest BCUT2D eigenvalue weighted by Crippen LogP contribution is 2.28. The molecule has 0 atom stereocenters. The molecule has 4 nitrogen and oxygen atoms in total. The molecule has 0 aliphatic rings. The molecule has 1 rings (SSSR count). The highest BCUT2D eigenvalue weighted by molar-refractivity contribution is 7.99. The number of pyridine rings is 1. The van der Waals surface area contributed by atoms with Crippen LogP contribution in [0.15, 0.2) is 23.4 Å². The van der Waals surface area contributed by atoms with Gasteiger partial charge in [0, 0.05) is 17.5 Å². The van der Waals surface area contributed by atoms with Crippen LogP contribution in [0.3, 0.4) is 0 Å². The Morgan fingerprint density at radius 1 is 1.62 bits per heavy atom. The molecule has 0 saturated heterocycles. The number of nitrogens with zero attached hydrogens (tertiary/aromatic N) is 2. The van der Waals surface area contributed by atoms with Crippen molar-refractivity contribution in [2.75, 3.05) is 0 Å². The van der Waals surface area contributed by atoms with Crippen molar-refractivity contribution in [3.8, 4) is 0 Å². The van der Waals surface area contributed by atoms with E-state index in [1.54, 1.807) is 12.3 Å². The Kier molecular flexibility index (Phi) is 3.25. The Labute approximate surface area is 80.5 Å². The minimum atomic E-state index is -0.405. The number of nitro groups is 1. The first-order chi connectivity index (χ1) is 6.11. The number of hydrogen-bond donors (Lipinski definition) is 0. The van der Waals surface area contributed by atoms with Crippen molar-refractivity contribution in [1.82, 2.24) is 4.98 Å². The van der Waals surface area contributed by atoms with Gasteiger partial charge >= 0.3 is 5.69 Å². The van der Waals surface area contributed by atoms with Gasteiger partial charge in [-0.25, -0.2) is 4.98 Å². The van der Waals surface area contributed by atoms with E-state index in [0.717, 1.165) is 0 Å². The third-order valence-corrected chi connectivity index (χ3v) is 2.30. The van der Waals surface area contributed by atoms with Gasteiger partial charge in [-0.1, -0.05) is 25.6 Å². The predicted octanol–water partition coefficient (Wildman–Crippen LogP) is 2.49. The molecule has 0 aliphatic heterocycles. The van der Waals surface area contributed by atoms with E-state index in [4.69, 9.17) is 0 Å². The normalized spacial score (nSPS) is 10.4. The second kappa shape index (κ2) is 4.23. The first-order valence-corrected chi connectivity index (χ1v) is 4.75. The molecular weight excluding hydrogens is 188 g/mol. The van der Waals surface area contributed by atoms with E-state index in [1.165, 1.54) is 17.8 Å². The maximum atomic E-state index is 10.6. The number of thioether (sulfide) groups is 1. The molecule has 1 heterocycles. The van der Waals surface area contributed by atoms with E-state index >= 15 is 0 Å². The van der Waals surface area contributed by atoms with E-state index in [9.17, 15) is 10.1 Å². The van der Waals surface area contributed by atoms with Gasteiger partial charge in [0.05, 0.1) is 4.92 Å². The average molecular weight is 198 g/mol. The predicted molar refractivity (Wildman–Crippen MR) is 51.9 cm³/mol. The van der Waals surface area contributed by atoms with Crippen molar-refractivity contribution in [2.45, 2.75) is 24.1 Å². The molecule has 0 radical (unpaired) electrons. The summed E-state index contributed by atoms with van der Waals surface area (Å²) in [7, 11) is 0. The van der Waals surface area contributed by atoms with Crippen LogP contribution in [-0.2, 0) is 0 Å². The van der Waals surface area contributed by atoms with E-state index in [0.29, 0.717) is 10.3 Å². The van der Waals surface area contributed by atoms with Crippen molar-refractivity contribution in [3.05, 3.63) is 28.4 Å². The largest absolute Gasteiger partial charge is 0.301 e. The van der Waals surface area contributed by atoms with Crippen LogP contribution in [0.1, 0.15) is 13.8 Å². The minimum absolute atomic E-state index is 0.0844. The topological polar surface area (TPSA) is 56.0 Å². The Hall–Kier alpha value is -1.10. The Bertz CT molecular complexity index is 315. The molecular formula is C8H10N2O2S. The van der Waals surface area contributed by atoms with Crippen LogP contribution in [0.2, 0.25) is 0 Å². The molecule has 0 saturated carbocycles. The maximum absolute atomic E-state index is 10.6. The zero-order valence-electron chi connectivity index (χ0n) is 7.43. The summed E-state index contributed by atoms with van der Waals surface area (Å²) < 4.78 is 0. The first-order valence-electron chi connectivity index (χ1n) is 3.87. The summed E-state index contributed by atoms with van der Waals surface area (Å²) in [6.45, 7) is 3.95. The molecule has 0 aromatic carbocycles. The highest BCUT2D eigenvalue weighted by atomic mass is 32.2. The fourth-order valence-electron chi connectivity index (χ4n) is 0.835. The smallest absolute Gasteiger partial charge is 0.258 e. The van der Waals surface area contributed by atoms with Crippen molar-refractivity contribution in [2.24, 2.45) is 0 Å². The van der Waals surface area contributed by atoms with Gasteiger partial charge in [0.25, 0.3) is 0 Å². The molecule has 0 N–H and O–H groups in total. The Morgan fingerprint density at radius 3 is 2.85 bits per heavy atom. The fraction of sp³-hybridized carbons (Fsp3) is 0.375. The lowest BCUT2D eigenvalue weighted by Crippen LogP contribution is -1.95. The molecule has 0 unspecified atom stereocenters. The fourth-order valence-corrected chi connectivity index (χ4v) is 1.67. The number of rotatable bonds is 3. The minimum Gasteiger partial charge on any atom is -0.258 e. The molecule has 13 heavy (non-hydrogen) atoms. The SMILES string of the molecule is CC(C)Sc1ncccc1[N+](=O)[O-]. The van der Waals surface area contributed by atoms with Gasteiger partial charge in [0.2, 0.25) is 0 Å². The lowest BCUT2D eigenvalue weighted by atomic mass is 10.4. The van der Waals surface area contributed by atoms with Crippen molar-refractivity contribution < 1.29 is 4.92 Å². The summed E-state index contributed by atoms with van der Waals surface area (Å²) in [6.07, 6.45) is 1.57. The monoisotopic (exact) mass is 198 g/mol. The van der Waals surface area contributed by atoms with Gasteiger partial charge in [-0.15, -0.1) is 0 Å². The van der Waals surface area contributed by atoms with Gasteiger partial charge < -0.3 is 0 Å². The quantitative estimate of drug-likeness (QED) is 0.425. The molecule has 70 valence electrons. The van der Waals surface area contributed by atoms with Crippen LogP contribution in [0.4, 0.5) is 5.69 Å². The van der Waals surface area contributed by atoms with Crippen LogP contribution < -0.4 is 0 Å². The summed E-state index contributed by atoms with van der Waals surface area (Å²) in [5.74, 6) is 0. The van der Waals surface area contributed by atoms with Crippen LogP contribution in [0.25, 0.3) is 0 Å². The van der Waals surface area contributed by atoms with Crippen molar-refractivity contribution in [1.29, 1.82) is 0 Å². The second-order valence-electron chi connectivity index (χ2n) is 2.75. The maximum Gasteiger partial charge on any atom is 0.301 e. The van der Waals surface area contributed by atoms with E-state index in [1.807, 2.05) is 13.8 Å². The standard InChI is InChI=1S/C8H10N2O2S/c1-6(2)13-8-7(10(11)12)4-3-5-9-8/h3-6H,1-2H3. The van der Waals surface area contributed by atoms with Gasteiger partial charge in [0.1, 0.15) is 0 Å². The molecule has 0 fully saturated rings. The van der Waals surface area contributed by atoms with Crippen LogP contribution >= 0.6 is 11.8 Å². The lowest BCUT2D eigenvalue weighted by molar-refractivity contribution is -0.388. The van der Waals surface area contributed by atoms with Gasteiger partial charge in [-0.3, -0.25) is 10.1 Å². The summed E-state index contributed by atoms with van der Waals surface area (Å²) in [6, 6.07) is 3.04. The van der Waals surface area contributed by atoms with Crippen molar-refractivity contribution >= 4 is 17.4 Å². The number of aromatic nitrogens is 1. The van der Waals surface area contributed by atoms with Gasteiger partial charge in [-0.2, -0.15) is 0 Å². The molecule has 0 bridgehead atoms. The van der Waals surface area contributed by atoms with Gasteiger partial charge in [-0.05, 0) is 6.07 Å². The average Bonchev–Trinajstić information content (AvgIpc) is 2.03. The Morgan fingerprint density at radius 2 is 2.31 bits per heavy atom. The zero-order valence-corrected chi connectivity index (χ0v) is 8.25. The molecule has 1 aromatic rings. The van der Waals surface area contributed by atoms with E-state index in [2.05, 4.69) is 4.98 Å². The van der Waals surface area contributed by atoms with Crippen LogP contribution in [-0.4, -0.2) is 15.2 Å². The summed E-state index contributed by atoms with van der Waals surface area (Å²) in [5, 5.41) is 11.3. The summed E-state index contributed by atoms with van der Waals surface area (Å²) >= 11 is 1.40. The summed E-state index contributed by atoms with van der Waals surface area (Å²) in [4.78, 5) is 14.1. The highest BCUT2D eigenvalue weighted by Gasteiger charge is 2.15. The third kappa shape index (κ3) is 2.69. The molecule has 1 aromatic heterocycles. The molecule has 5 heteroatoms. The summed E-state index contributed by atoms with van der Waals surface area (Å²) in [5.41, 5.74) is 0.0844. The molecule has 0 amide bonds. The lowest BCUT2D eigenvalue weighted by Gasteiger charge is -2.03. The van der Waals surface area contributed by atoms with E-state index in [-0.39, 0.29) is 5.69 Å². The molecule has 0 spiro atoms. The second-order valence-corrected chi connectivity index (χ2v) is 4.32. The third-order valence-electron chi connectivity index (χ3n) is 1.30. The van der Waals surface area contributed by atoms with Crippen LogP contribution in [0, 0.1) is 10.1 Å². The zero-order chi connectivity index (χ0) is 9.84. The van der Waals surface area contributed by atoms with Gasteiger partial charge in [0.15, 0.2) is 5.03 Å².